The monoisotopic (exact) mass is 430 g/mol. The molecular weight excluding hydrogens is 411 g/mol. The van der Waals surface area contributed by atoms with Crippen LogP contribution < -0.4 is 10.6 Å². The fraction of sp³-hybridized carbons (Fsp3) is 0.190. The van der Waals surface area contributed by atoms with E-state index in [1.165, 1.54) is 6.20 Å². The zero-order valence-corrected chi connectivity index (χ0v) is 17.3. The van der Waals surface area contributed by atoms with Crippen LogP contribution in [0.4, 0.5) is 5.69 Å². The number of halogens is 2. The van der Waals surface area contributed by atoms with Gasteiger partial charge < -0.3 is 10.6 Å². The fourth-order valence-electron chi connectivity index (χ4n) is 2.80. The molecule has 0 aliphatic carbocycles. The van der Waals surface area contributed by atoms with E-state index >= 15 is 0 Å². The van der Waals surface area contributed by atoms with Crippen molar-refractivity contribution in [1.29, 1.82) is 0 Å². The summed E-state index contributed by atoms with van der Waals surface area (Å²) in [7, 11) is 0. The molecule has 2 N–H and O–H groups in total. The summed E-state index contributed by atoms with van der Waals surface area (Å²) in [5.74, 6) is -0.347. The van der Waals surface area contributed by atoms with Crippen LogP contribution in [0, 0.1) is 6.92 Å². The molecule has 1 heterocycles. The van der Waals surface area contributed by atoms with Gasteiger partial charge in [0.15, 0.2) is 0 Å². The zero-order chi connectivity index (χ0) is 20.8. The van der Waals surface area contributed by atoms with Gasteiger partial charge in [0.25, 0.3) is 5.91 Å². The van der Waals surface area contributed by atoms with E-state index < -0.39 is 0 Å². The van der Waals surface area contributed by atoms with Crippen LogP contribution in [0.15, 0.2) is 54.7 Å². The van der Waals surface area contributed by atoms with E-state index in [1.807, 2.05) is 19.1 Å². The highest BCUT2D eigenvalue weighted by atomic mass is 35.5. The third kappa shape index (κ3) is 5.59. The number of anilines is 1. The maximum Gasteiger partial charge on any atom is 0.254 e. The van der Waals surface area contributed by atoms with Crippen LogP contribution in [0.3, 0.4) is 0 Å². The summed E-state index contributed by atoms with van der Waals surface area (Å²) in [6.45, 7) is 2.21. The summed E-state index contributed by atoms with van der Waals surface area (Å²) < 4.78 is 1.67. The molecule has 1 aromatic heterocycles. The first-order valence-corrected chi connectivity index (χ1v) is 9.84. The number of amides is 2. The van der Waals surface area contributed by atoms with E-state index in [-0.39, 0.29) is 11.8 Å². The van der Waals surface area contributed by atoms with Crippen LogP contribution in [0.2, 0.25) is 10.0 Å². The molecule has 150 valence electrons. The molecule has 0 unspecified atom stereocenters. The Hall–Kier alpha value is -2.83. The standard InChI is InChI=1S/C21H20Cl2N4O2/c1-14-19(13-25-27(14)18-5-2-4-16(23)12-18)21(29)24-11-3-6-20(28)26-17-9-7-15(22)8-10-17/h2,4-5,7-10,12-13H,3,6,11H2,1H3,(H,24,29)(H,26,28). The van der Waals surface area contributed by atoms with Crippen molar-refractivity contribution in [2.45, 2.75) is 19.8 Å². The fourth-order valence-corrected chi connectivity index (χ4v) is 3.11. The average Bonchev–Trinajstić information content (AvgIpc) is 3.08. The van der Waals surface area contributed by atoms with Gasteiger partial charge in [0, 0.05) is 28.7 Å². The lowest BCUT2D eigenvalue weighted by Gasteiger charge is -2.08. The number of hydrogen-bond donors (Lipinski definition) is 2. The number of rotatable bonds is 7. The van der Waals surface area contributed by atoms with Gasteiger partial charge in [-0.3, -0.25) is 9.59 Å². The summed E-state index contributed by atoms with van der Waals surface area (Å²) in [4.78, 5) is 24.4. The summed E-state index contributed by atoms with van der Waals surface area (Å²) >= 11 is 11.8. The van der Waals surface area contributed by atoms with E-state index in [0.717, 1.165) is 5.69 Å². The van der Waals surface area contributed by atoms with E-state index in [1.54, 1.807) is 41.1 Å². The Morgan fingerprint density at radius 2 is 1.83 bits per heavy atom. The first-order valence-electron chi connectivity index (χ1n) is 9.08. The summed E-state index contributed by atoms with van der Waals surface area (Å²) in [5.41, 5.74) is 2.67. The summed E-state index contributed by atoms with van der Waals surface area (Å²) in [5, 5.41) is 11.1. The molecule has 3 aromatic rings. The highest BCUT2D eigenvalue weighted by molar-refractivity contribution is 6.31. The lowest BCUT2D eigenvalue weighted by atomic mass is 10.2. The molecule has 29 heavy (non-hydrogen) atoms. The van der Waals surface area contributed by atoms with Crippen LogP contribution >= 0.6 is 23.2 Å². The Bertz CT molecular complexity index is 1020. The SMILES string of the molecule is Cc1c(C(=O)NCCCC(=O)Nc2ccc(Cl)cc2)cnn1-c1cccc(Cl)c1. The minimum atomic E-state index is -0.228. The highest BCUT2D eigenvalue weighted by Crippen LogP contribution is 2.18. The van der Waals surface area contributed by atoms with Crippen molar-refractivity contribution in [1.82, 2.24) is 15.1 Å². The molecule has 3 rings (SSSR count). The van der Waals surface area contributed by atoms with Gasteiger partial charge in [-0.1, -0.05) is 29.3 Å². The number of hydrogen-bond acceptors (Lipinski definition) is 3. The van der Waals surface area contributed by atoms with Crippen LogP contribution in [-0.4, -0.2) is 28.1 Å². The Kier molecular flexibility index (Phi) is 6.90. The second kappa shape index (κ2) is 9.58. The number of nitrogens with zero attached hydrogens (tertiary/aromatic N) is 2. The van der Waals surface area contributed by atoms with E-state index in [9.17, 15) is 9.59 Å². The first kappa shape index (κ1) is 20.9. The molecule has 0 aliphatic rings. The van der Waals surface area contributed by atoms with Crippen LogP contribution in [0.5, 0.6) is 0 Å². The third-order valence-corrected chi connectivity index (χ3v) is 4.79. The van der Waals surface area contributed by atoms with Crippen molar-refractivity contribution in [3.63, 3.8) is 0 Å². The van der Waals surface area contributed by atoms with Crippen molar-refractivity contribution in [2.24, 2.45) is 0 Å². The van der Waals surface area contributed by atoms with Gasteiger partial charge in [-0.2, -0.15) is 5.10 Å². The maximum absolute atomic E-state index is 12.4. The average molecular weight is 431 g/mol. The molecule has 2 amide bonds. The molecule has 0 aliphatic heterocycles. The van der Waals surface area contributed by atoms with Crippen molar-refractivity contribution < 1.29 is 9.59 Å². The second-order valence-corrected chi connectivity index (χ2v) is 7.32. The van der Waals surface area contributed by atoms with Crippen molar-refractivity contribution in [3.8, 4) is 5.69 Å². The van der Waals surface area contributed by atoms with Gasteiger partial charge in [0.05, 0.1) is 23.1 Å². The second-order valence-electron chi connectivity index (χ2n) is 6.45. The van der Waals surface area contributed by atoms with E-state index in [4.69, 9.17) is 23.2 Å². The lowest BCUT2D eigenvalue weighted by Crippen LogP contribution is -2.26. The summed E-state index contributed by atoms with van der Waals surface area (Å²) in [6, 6.07) is 14.2. The van der Waals surface area contributed by atoms with Crippen LogP contribution in [0.25, 0.3) is 5.69 Å². The number of carbonyl (C=O) groups excluding carboxylic acids is 2. The first-order chi connectivity index (χ1) is 13.9. The predicted molar refractivity (Wildman–Crippen MR) is 115 cm³/mol. The van der Waals surface area contributed by atoms with Crippen molar-refractivity contribution in [3.05, 3.63) is 76.0 Å². The molecule has 0 fully saturated rings. The Morgan fingerprint density at radius 1 is 1.07 bits per heavy atom. The molecule has 0 bridgehead atoms. The molecule has 2 aromatic carbocycles. The maximum atomic E-state index is 12.4. The molecule has 0 atom stereocenters. The molecule has 8 heteroatoms. The Labute approximate surface area is 178 Å². The lowest BCUT2D eigenvalue weighted by molar-refractivity contribution is -0.116. The number of nitrogens with one attached hydrogen (secondary N) is 2. The van der Waals surface area contributed by atoms with Gasteiger partial charge in [0.1, 0.15) is 0 Å². The molecule has 0 spiro atoms. The molecule has 0 radical (unpaired) electrons. The number of carbonyl (C=O) groups is 2. The van der Waals surface area contributed by atoms with Crippen molar-refractivity contribution in [2.75, 3.05) is 11.9 Å². The van der Waals surface area contributed by atoms with E-state index in [2.05, 4.69) is 15.7 Å². The highest BCUT2D eigenvalue weighted by Gasteiger charge is 2.15. The zero-order valence-electron chi connectivity index (χ0n) is 15.8. The quantitative estimate of drug-likeness (QED) is 0.536. The summed E-state index contributed by atoms with van der Waals surface area (Å²) in [6.07, 6.45) is 2.34. The molecule has 0 saturated heterocycles. The molecular formula is C21H20Cl2N4O2. The van der Waals surface area contributed by atoms with Crippen LogP contribution in [-0.2, 0) is 4.79 Å². The number of benzene rings is 2. The largest absolute Gasteiger partial charge is 0.352 e. The smallest absolute Gasteiger partial charge is 0.254 e. The molecule has 0 saturated carbocycles. The minimum absolute atomic E-state index is 0.119. The van der Waals surface area contributed by atoms with Gasteiger partial charge in [0.2, 0.25) is 5.91 Å². The predicted octanol–water partition coefficient (Wildman–Crippen LogP) is 4.64. The Morgan fingerprint density at radius 3 is 2.55 bits per heavy atom. The molecule has 6 nitrogen and oxygen atoms in total. The van der Waals surface area contributed by atoms with Crippen LogP contribution in [0.1, 0.15) is 28.9 Å². The van der Waals surface area contributed by atoms with Gasteiger partial charge >= 0.3 is 0 Å². The topological polar surface area (TPSA) is 76.0 Å². The Balaban J connectivity index is 1.48. The van der Waals surface area contributed by atoms with Gasteiger partial charge in [-0.15, -0.1) is 0 Å². The number of aromatic nitrogens is 2. The van der Waals surface area contributed by atoms with Crippen molar-refractivity contribution >= 4 is 40.7 Å². The third-order valence-electron chi connectivity index (χ3n) is 4.30. The minimum Gasteiger partial charge on any atom is -0.352 e. The van der Waals surface area contributed by atoms with E-state index in [0.29, 0.717) is 46.4 Å². The van der Waals surface area contributed by atoms with Gasteiger partial charge in [-0.25, -0.2) is 4.68 Å². The van der Waals surface area contributed by atoms with Gasteiger partial charge in [-0.05, 0) is 55.8 Å². The normalized spacial score (nSPS) is 10.6.